The van der Waals surface area contributed by atoms with Crippen molar-refractivity contribution in [3.8, 4) is 5.75 Å². The van der Waals surface area contributed by atoms with Crippen molar-refractivity contribution in [3.63, 3.8) is 0 Å². The minimum atomic E-state index is -3.53. The monoisotopic (exact) mass is 395 g/mol. The zero-order valence-electron chi connectivity index (χ0n) is 16.1. The molecule has 2 aliphatic heterocycles. The van der Waals surface area contributed by atoms with Crippen LogP contribution in [0.1, 0.15) is 19.3 Å². The second-order valence-corrected chi connectivity index (χ2v) is 9.29. The molecule has 1 aromatic rings. The highest BCUT2D eigenvalue weighted by molar-refractivity contribution is 7.89. The second-order valence-electron chi connectivity index (χ2n) is 7.35. The number of methoxy groups -OCH3 is 1. The van der Waals surface area contributed by atoms with Crippen molar-refractivity contribution in [2.24, 2.45) is 11.8 Å². The number of likely N-dealkylation sites (tertiary alicyclic amines) is 1. The van der Waals surface area contributed by atoms with Gasteiger partial charge in [-0.2, -0.15) is 4.31 Å². The number of carbonyl (C=O) groups excluding carboxylic acids is 1. The van der Waals surface area contributed by atoms with Crippen LogP contribution in [0.5, 0.6) is 5.75 Å². The van der Waals surface area contributed by atoms with Crippen molar-refractivity contribution in [2.45, 2.75) is 24.2 Å². The van der Waals surface area contributed by atoms with Gasteiger partial charge in [0.1, 0.15) is 5.75 Å². The molecule has 1 aromatic carbocycles. The van der Waals surface area contributed by atoms with Crippen LogP contribution in [0.4, 0.5) is 0 Å². The van der Waals surface area contributed by atoms with E-state index in [9.17, 15) is 13.2 Å². The first-order valence-corrected chi connectivity index (χ1v) is 11.0. The van der Waals surface area contributed by atoms with E-state index < -0.39 is 10.0 Å². The molecule has 2 aliphatic rings. The standard InChI is InChI=1S/C19H29N3O4S/c1-20-13-15-7-10-21(14-15)19(23)16-8-11-22(12-9-16)27(24,25)18-5-3-17(26-2)4-6-18/h3-6,15-16,20H,7-14H2,1-2H3. The van der Waals surface area contributed by atoms with Crippen LogP contribution in [0.25, 0.3) is 0 Å². The Hall–Kier alpha value is -1.64. The van der Waals surface area contributed by atoms with E-state index in [1.807, 2.05) is 11.9 Å². The van der Waals surface area contributed by atoms with Crippen LogP contribution >= 0.6 is 0 Å². The van der Waals surface area contributed by atoms with Crippen LogP contribution in [-0.4, -0.2) is 70.4 Å². The largest absolute Gasteiger partial charge is 0.497 e. The smallest absolute Gasteiger partial charge is 0.243 e. The Morgan fingerprint density at radius 3 is 2.41 bits per heavy atom. The van der Waals surface area contributed by atoms with Gasteiger partial charge in [0.25, 0.3) is 0 Å². The highest BCUT2D eigenvalue weighted by Gasteiger charge is 2.35. The van der Waals surface area contributed by atoms with Crippen molar-refractivity contribution in [1.29, 1.82) is 0 Å². The summed E-state index contributed by atoms with van der Waals surface area (Å²) >= 11 is 0. The lowest BCUT2D eigenvalue weighted by atomic mass is 9.96. The molecule has 1 amide bonds. The molecule has 150 valence electrons. The summed E-state index contributed by atoms with van der Waals surface area (Å²) < 4.78 is 32.2. The molecule has 1 atom stereocenters. The number of carbonyl (C=O) groups is 1. The van der Waals surface area contributed by atoms with Gasteiger partial charge in [0.15, 0.2) is 0 Å². The molecule has 0 aliphatic carbocycles. The minimum absolute atomic E-state index is 0.0688. The Kier molecular flexibility index (Phi) is 6.39. The number of nitrogens with one attached hydrogen (secondary N) is 1. The fourth-order valence-electron chi connectivity index (χ4n) is 3.99. The SMILES string of the molecule is CNCC1CCN(C(=O)C2CCN(S(=O)(=O)c3ccc(OC)cc3)CC2)C1. The van der Waals surface area contributed by atoms with E-state index >= 15 is 0 Å². The van der Waals surface area contributed by atoms with Gasteiger partial charge < -0.3 is 15.0 Å². The lowest BCUT2D eigenvalue weighted by Crippen LogP contribution is -2.44. The first-order valence-electron chi connectivity index (χ1n) is 9.53. The summed E-state index contributed by atoms with van der Waals surface area (Å²) in [5.41, 5.74) is 0. The molecule has 0 spiro atoms. The Bertz CT molecular complexity index is 743. The summed E-state index contributed by atoms with van der Waals surface area (Å²) in [4.78, 5) is 15.0. The van der Waals surface area contributed by atoms with Gasteiger partial charge in [0, 0.05) is 32.1 Å². The molecule has 8 heteroatoms. The van der Waals surface area contributed by atoms with E-state index in [4.69, 9.17) is 4.74 Å². The van der Waals surface area contributed by atoms with Crippen LogP contribution < -0.4 is 10.1 Å². The van der Waals surface area contributed by atoms with Crippen LogP contribution in [0.15, 0.2) is 29.2 Å². The number of rotatable bonds is 6. The van der Waals surface area contributed by atoms with Gasteiger partial charge >= 0.3 is 0 Å². The lowest BCUT2D eigenvalue weighted by molar-refractivity contribution is -0.135. The normalized spacial score (nSPS) is 22.1. The average Bonchev–Trinajstić information content (AvgIpc) is 3.16. The van der Waals surface area contributed by atoms with Gasteiger partial charge in [-0.15, -0.1) is 0 Å². The van der Waals surface area contributed by atoms with E-state index in [0.29, 0.717) is 37.6 Å². The van der Waals surface area contributed by atoms with Gasteiger partial charge in [-0.25, -0.2) is 8.42 Å². The predicted octanol–water partition coefficient (Wildman–Crippen LogP) is 1.16. The molecule has 1 unspecified atom stereocenters. The van der Waals surface area contributed by atoms with Crippen LogP contribution in [0.2, 0.25) is 0 Å². The number of amides is 1. The number of hydrogen-bond acceptors (Lipinski definition) is 5. The molecular weight excluding hydrogens is 366 g/mol. The third kappa shape index (κ3) is 4.44. The van der Waals surface area contributed by atoms with E-state index in [0.717, 1.165) is 26.1 Å². The third-order valence-corrected chi connectivity index (χ3v) is 7.50. The number of ether oxygens (including phenoxy) is 1. The van der Waals surface area contributed by atoms with Crippen molar-refractivity contribution in [1.82, 2.24) is 14.5 Å². The first kappa shape index (κ1) is 20.1. The molecular formula is C19H29N3O4S. The van der Waals surface area contributed by atoms with Gasteiger partial charge in [-0.1, -0.05) is 0 Å². The van der Waals surface area contributed by atoms with Crippen LogP contribution in [0.3, 0.4) is 0 Å². The van der Waals surface area contributed by atoms with E-state index in [2.05, 4.69) is 5.32 Å². The van der Waals surface area contributed by atoms with Gasteiger partial charge in [-0.05, 0) is 63.0 Å². The Morgan fingerprint density at radius 2 is 1.81 bits per heavy atom. The summed E-state index contributed by atoms with van der Waals surface area (Å²) in [5, 5.41) is 3.17. The van der Waals surface area contributed by atoms with Crippen LogP contribution in [0, 0.1) is 11.8 Å². The average molecular weight is 396 g/mol. The maximum atomic E-state index is 12.8. The summed E-state index contributed by atoms with van der Waals surface area (Å²) in [6, 6.07) is 6.44. The molecule has 0 radical (unpaired) electrons. The van der Waals surface area contributed by atoms with Crippen LogP contribution in [-0.2, 0) is 14.8 Å². The highest BCUT2D eigenvalue weighted by atomic mass is 32.2. The fourth-order valence-corrected chi connectivity index (χ4v) is 5.46. The Morgan fingerprint density at radius 1 is 1.15 bits per heavy atom. The zero-order valence-corrected chi connectivity index (χ0v) is 16.9. The van der Waals surface area contributed by atoms with Gasteiger partial charge in [0.2, 0.25) is 15.9 Å². The maximum Gasteiger partial charge on any atom is 0.243 e. The molecule has 2 fully saturated rings. The molecule has 3 rings (SSSR count). The molecule has 1 N–H and O–H groups in total. The lowest BCUT2D eigenvalue weighted by Gasteiger charge is -2.32. The molecule has 2 heterocycles. The number of hydrogen-bond donors (Lipinski definition) is 1. The summed E-state index contributed by atoms with van der Waals surface area (Å²) in [6.07, 6.45) is 2.21. The maximum absolute atomic E-state index is 12.8. The second kappa shape index (κ2) is 8.58. The fraction of sp³-hybridized carbons (Fsp3) is 0.632. The Labute approximate surface area is 161 Å². The Balaban J connectivity index is 1.57. The summed E-state index contributed by atoms with van der Waals surface area (Å²) in [7, 11) is -0.0444. The van der Waals surface area contributed by atoms with Gasteiger partial charge in [-0.3, -0.25) is 4.79 Å². The topological polar surface area (TPSA) is 79.0 Å². The van der Waals surface area contributed by atoms with Crippen molar-refractivity contribution in [3.05, 3.63) is 24.3 Å². The molecule has 2 saturated heterocycles. The number of sulfonamides is 1. The first-order chi connectivity index (χ1) is 13.0. The predicted molar refractivity (Wildman–Crippen MR) is 103 cm³/mol. The van der Waals surface area contributed by atoms with Crippen molar-refractivity contribution >= 4 is 15.9 Å². The van der Waals surface area contributed by atoms with Gasteiger partial charge in [0.05, 0.1) is 12.0 Å². The molecule has 0 aromatic heterocycles. The highest BCUT2D eigenvalue weighted by Crippen LogP contribution is 2.27. The summed E-state index contributed by atoms with van der Waals surface area (Å²) in [6.45, 7) is 3.33. The molecule has 27 heavy (non-hydrogen) atoms. The molecule has 0 saturated carbocycles. The molecule has 0 bridgehead atoms. The number of benzene rings is 1. The number of piperidine rings is 1. The number of nitrogens with zero attached hydrogens (tertiary/aromatic N) is 2. The van der Waals surface area contributed by atoms with E-state index in [-0.39, 0.29) is 16.7 Å². The van der Waals surface area contributed by atoms with E-state index in [1.54, 1.807) is 31.4 Å². The minimum Gasteiger partial charge on any atom is -0.497 e. The quantitative estimate of drug-likeness (QED) is 0.782. The van der Waals surface area contributed by atoms with Crippen molar-refractivity contribution < 1.29 is 17.9 Å². The van der Waals surface area contributed by atoms with E-state index in [1.165, 1.54) is 4.31 Å². The third-order valence-electron chi connectivity index (χ3n) is 5.59. The van der Waals surface area contributed by atoms with Crippen molar-refractivity contribution in [2.75, 3.05) is 46.9 Å². The summed E-state index contributed by atoms with van der Waals surface area (Å²) in [5.74, 6) is 1.27. The molecule has 7 nitrogen and oxygen atoms in total. The zero-order chi connectivity index (χ0) is 19.4.